The zero-order valence-electron chi connectivity index (χ0n) is 23.4. The van der Waals surface area contributed by atoms with Gasteiger partial charge in [0.05, 0.1) is 25.3 Å². The molecule has 0 saturated heterocycles. The van der Waals surface area contributed by atoms with Crippen LogP contribution in [0.25, 0.3) is 0 Å². The number of unbranched alkanes of at least 4 members (excludes halogenated alkanes) is 11. The molecule has 0 atom stereocenters. The summed E-state index contributed by atoms with van der Waals surface area (Å²) in [4.78, 5) is 15.5. The minimum absolute atomic E-state index is 0.139. The fraction of sp³-hybridized carbons (Fsp3) is 0.531. The van der Waals surface area contributed by atoms with Gasteiger partial charge < -0.3 is 19.7 Å². The quantitative estimate of drug-likeness (QED) is 0.181. The number of hydrogen-bond acceptors (Lipinski definition) is 5. The molecule has 208 valence electrons. The number of nitrogens with zero attached hydrogens (tertiary/aromatic N) is 1. The Morgan fingerprint density at radius 2 is 1.58 bits per heavy atom. The molecule has 1 N–H and O–H groups in total. The van der Waals surface area contributed by atoms with E-state index in [9.17, 15) is 4.79 Å². The lowest BCUT2D eigenvalue weighted by atomic mass is 10.1. The van der Waals surface area contributed by atoms with Gasteiger partial charge in [-0.3, -0.25) is 4.79 Å². The number of nitrogens with one attached hydrogen (secondary N) is 1. The van der Waals surface area contributed by atoms with Crippen LogP contribution in [0.3, 0.4) is 0 Å². The van der Waals surface area contributed by atoms with Crippen LogP contribution in [0.4, 0.5) is 5.69 Å². The van der Waals surface area contributed by atoms with E-state index < -0.39 is 0 Å². The Labute approximate surface area is 234 Å². The maximum atomic E-state index is 13.3. The molecule has 3 rings (SSSR count). The fourth-order valence-corrected chi connectivity index (χ4v) is 5.45. The summed E-state index contributed by atoms with van der Waals surface area (Å²) in [6.07, 6.45) is 17.8. The molecule has 0 radical (unpaired) electrons. The highest BCUT2D eigenvalue weighted by molar-refractivity contribution is 8.02. The Bertz CT molecular complexity index is 994. The van der Waals surface area contributed by atoms with Crippen LogP contribution in [0.1, 0.15) is 99.9 Å². The number of ether oxygens (including phenoxy) is 2. The molecule has 38 heavy (non-hydrogen) atoms. The minimum Gasteiger partial charge on any atom is -0.493 e. The Morgan fingerprint density at radius 3 is 2.24 bits per heavy atom. The Hall–Kier alpha value is -2.60. The first kappa shape index (κ1) is 29.9. The molecule has 0 aliphatic carbocycles. The van der Waals surface area contributed by atoms with Crippen molar-refractivity contribution >= 4 is 23.4 Å². The molecule has 0 fully saturated rings. The van der Waals surface area contributed by atoms with Gasteiger partial charge >= 0.3 is 0 Å². The first-order valence-electron chi connectivity index (χ1n) is 14.4. The van der Waals surface area contributed by atoms with Gasteiger partial charge in [0.2, 0.25) is 0 Å². The van der Waals surface area contributed by atoms with Crippen LogP contribution >= 0.6 is 11.8 Å². The Morgan fingerprint density at radius 1 is 0.895 bits per heavy atom. The number of benzene rings is 2. The molecule has 0 saturated carbocycles. The van der Waals surface area contributed by atoms with Gasteiger partial charge in [0.15, 0.2) is 11.5 Å². The SMILES string of the molecule is CCCCCCCCCCCCCCOc1c(NC(=O)c2ccccc2CN2C=CSC2)cccc1OC. The summed E-state index contributed by atoms with van der Waals surface area (Å²) < 4.78 is 11.7. The van der Waals surface area contributed by atoms with Crippen molar-refractivity contribution < 1.29 is 14.3 Å². The largest absolute Gasteiger partial charge is 0.493 e. The second-order valence-electron chi connectivity index (χ2n) is 10.0. The molecule has 1 heterocycles. The predicted octanol–water partition coefficient (Wildman–Crippen LogP) is 9.00. The minimum atomic E-state index is -0.139. The molecule has 2 aromatic carbocycles. The third-order valence-corrected chi connectivity index (χ3v) is 7.73. The number of carbonyl (C=O) groups is 1. The summed E-state index contributed by atoms with van der Waals surface area (Å²) in [6, 6.07) is 13.4. The van der Waals surface area contributed by atoms with E-state index in [1.165, 1.54) is 64.2 Å². The van der Waals surface area contributed by atoms with Gasteiger partial charge in [0.1, 0.15) is 0 Å². The van der Waals surface area contributed by atoms with Gasteiger partial charge in [0.25, 0.3) is 5.91 Å². The van der Waals surface area contributed by atoms with Crippen molar-refractivity contribution in [1.29, 1.82) is 0 Å². The molecule has 1 amide bonds. The van der Waals surface area contributed by atoms with Crippen molar-refractivity contribution in [2.45, 2.75) is 90.5 Å². The van der Waals surface area contributed by atoms with Crippen LogP contribution in [-0.4, -0.2) is 30.4 Å². The van der Waals surface area contributed by atoms with Crippen LogP contribution in [-0.2, 0) is 6.54 Å². The first-order chi connectivity index (χ1) is 18.7. The van der Waals surface area contributed by atoms with E-state index >= 15 is 0 Å². The maximum Gasteiger partial charge on any atom is 0.256 e. The molecule has 5 nitrogen and oxygen atoms in total. The molecular formula is C32H46N2O3S. The van der Waals surface area contributed by atoms with Crippen LogP contribution in [0, 0.1) is 0 Å². The zero-order valence-corrected chi connectivity index (χ0v) is 24.2. The molecule has 2 aromatic rings. The lowest BCUT2D eigenvalue weighted by Gasteiger charge is -2.18. The highest BCUT2D eigenvalue weighted by Crippen LogP contribution is 2.36. The van der Waals surface area contributed by atoms with Crippen molar-refractivity contribution in [2.24, 2.45) is 0 Å². The van der Waals surface area contributed by atoms with E-state index in [2.05, 4.69) is 28.7 Å². The first-order valence-corrected chi connectivity index (χ1v) is 15.5. The van der Waals surface area contributed by atoms with Crippen LogP contribution < -0.4 is 14.8 Å². The van der Waals surface area contributed by atoms with Crippen molar-refractivity contribution in [3.05, 3.63) is 65.2 Å². The van der Waals surface area contributed by atoms with E-state index in [0.717, 1.165) is 24.3 Å². The van der Waals surface area contributed by atoms with Crippen molar-refractivity contribution in [1.82, 2.24) is 4.90 Å². The molecular weight excluding hydrogens is 492 g/mol. The van der Waals surface area contributed by atoms with Gasteiger partial charge in [-0.25, -0.2) is 0 Å². The van der Waals surface area contributed by atoms with Gasteiger partial charge in [-0.1, -0.05) is 102 Å². The number of hydrogen-bond donors (Lipinski definition) is 1. The molecule has 6 heteroatoms. The molecule has 0 unspecified atom stereocenters. The molecule has 0 bridgehead atoms. The average molecular weight is 539 g/mol. The highest BCUT2D eigenvalue weighted by atomic mass is 32.2. The summed E-state index contributed by atoms with van der Waals surface area (Å²) >= 11 is 1.76. The zero-order chi connectivity index (χ0) is 26.8. The topological polar surface area (TPSA) is 50.8 Å². The van der Waals surface area contributed by atoms with Crippen LogP contribution in [0.5, 0.6) is 11.5 Å². The summed E-state index contributed by atoms with van der Waals surface area (Å²) in [6.45, 7) is 3.58. The number of amides is 1. The molecule has 1 aliphatic rings. The summed E-state index contributed by atoms with van der Waals surface area (Å²) in [5.74, 6) is 2.00. The number of para-hydroxylation sites is 1. The Kier molecular flexibility index (Phi) is 14.0. The van der Waals surface area contributed by atoms with Gasteiger partial charge in [-0.05, 0) is 35.6 Å². The lowest BCUT2D eigenvalue weighted by molar-refractivity contribution is 0.102. The van der Waals surface area contributed by atoms with E-state index in [1.54, 1.807) is 18.9 Å². The predicted molar refractivity (Wildman–Crippen MR) is 161 cm³/mol. The van der Waals surface area contributed by atoms with E-state index in [4.69, 9.17) is 9.47 Å². The van der Waals surface area contributed by atoms with Gasteiger partial charge in [-0.2, -0.15) is 0 Å². The summed E-state index contributed by atoms with van der Waals surface area (Å²) in [7, 11) is 1.63. The van der Waals surface area contributed by atoms with Gasteiger partial charge in [-0.15, -0.1) is 11.8 Å². The average Bonchev–Trinajstić information content (AvgIpc) is 3.45. The normalized spacial score (nSPS) is 12.6. The van der Waals surface area contributed by atoms with E-state index in [1.807, 2.05) is 42.5 Å². The maximum absolute atomic E-state index is 13.3. The van der Waals surface area contributed by atoms with Gasteiger partial charge in [0, 0.05) is 18.3 Å². The monoisotopic (exact) mass is 538 g/mol. The number of anilines is 1. The lowest BCUT2D eigenvalue weighted by Crippen LogP contribution is -2.19. The van der Waals surface area contributed by atoms with Crippen molar-refractivity contribution in [3.8, 4) is 11.5 Å². The van der Waals surface area contributed by atoms with E-state index in [0.29, 0.717) is 35.9 Å². The smallest absolute Gasteiger partial charge is 0.256 e. The third-order valence-electron chi connectivity index (χ3n) is 6.93. The van der Waals surface area contributed by atoms with Crippen LogP contribution in [0.15, 0.2) is 54.1 Å². The molecule has 1 aliphatic heterocycles. The third kappa shape index (κ3) is 10.3. The second-order valence-corrected chi connectivity index (χ2v) is 10.9. The number of methoxy groups -OCH3 is 1. The second kappa shape index (κ2) is 17.8. The Balaban J connectivity index is 1.44. The summed E-state index contributed by atoms with van der Waals surface area (Å²) in [5.41, 5.74) is 2.31. The summed E-state index contributed by atoms with van der Waals surface area (Å²) in [5, 5.41) is 5.16. The number of thioether (sulfide) groups is 1. The molecule has 0 aromatic heterocycles. The van der Waals surface area contributed by atoms with Crippen molar-refractivity contribution in [3.63, 3.8) is 0 Å². The number of rotatable bonds is 19. The van der Waals surface area contributed by atoms with Crippen molar-refractivity contribution in [2.75, 3.05) is 24.9 Å². The highest BCUT2D eigenvalue weighted by Gasteiger charge is 2.18. The molecule has 0 spiro atoms. The van der Waals surface area contributed by atoms with Crippen LogP contribution in [0.2, 0.25) is 0 Å². The fourth-order valence-electron chi connectivity index (χ4n) is 4.74. The standard InChI is InChI=1S/C32H46N2O3S/c1-3-4-5-6-7-8-9-10-11-12-13-16-23-37-31-29(20-17-21-30(31)36-2)33-32(35)28-19-15-14-18-27(28)25-34-22-24-38-26-34/h14-15,17-22,24H,3-13,16,23,25-26H2,1-2H3,(H,33,35). The van der Waals surface area contributed by atoms with E-state index in [-0.39, 0.29) is 5.91 Å². The number of carbonyl (C=O) groups excluding carboxylic acids is 1.